The first kappa shape index (κ1) is 24.3. The molecule has 8 heteroatoms. The van der Waals surface area contributed by atoms with E-state index in [1.54, 1.807) is 25.1 Å². The number of nitrogens with zero attached hydrogens (tertiary/aromatic N) is 2. The van der Waals surface area contributed by atoms with E-state index in [0.29, 0.717) is 46.7 Å². The van der Waals surface area contributed by atoms with Gasteiger partial charge in [0.15, 0.2) is 0 Å². The number of carboxylic acids is 1. The maximum atomic E-state index is 13.2. The van der Waals surface area contributed by atoms with Gasteiger partial charge in [-0.2, -0.15) is 0 Å². The number of aryl methyl sites for hydroxylation is 1. The summed E-state index contributed by atoms with van der Waals surface area (Å²) in [6.07, 6.45) is 0. The Kier molecular flexibility index (Phi) is 6.50. The Morgan fingerprint density at radius 3 is 2.24 bits per heavy atom. The Balaban J connectivity index is 1.50. The van der Waals surface area contributed by atoms with Crippen LogP contribution in [0.4, 0.5) is 11.4 Å². The lowest BCUT2D eigenvalue weighted by atomic mass is 9.96. The second-order valence-corrected chi connectivity index (χ2v) is 9.39. The third kappa shape index (κ3) is 4.83. The van der Waals surface area contributed by atoms with Crippen LogP contribution in [0.25, 0.3) is 11.3 Å². The Morgan fingerprint density at radius 1 is 0.919 bits per heavy atom. The topological polar surface area (TPSA) is 102 Å². The molecule has 0 aliphatic carbocycles. The molecule has 2 heterocycles. The third-order valence-corrected chi connectivity index (χ3v) is 6.84. The summed E-state index contributed by atoms with van der Waals surface area (Å²) in [7, 11) is 2.05. The van der Waals surface area contributed by atoms with Gasteiger partial charge in [-0.15, -0.1) is 0 Å². The van der Waals surface area contributed by atoms with Gasteiger partial charge in [-0.25, -0.2) is 4.79 Å². The highest BCUT2D eigenvalue weighted by molar-refractivity contribution is 6.37. The second kappa shape index (κ2) is 9.91. The molecule has 2 aliphatic rings. The highest BCUT2D eigenvalue weighted by Gasteiger charge is 2.30. The van der Waals surface area contributed by atoms with Crippen LogP contribution in [-0.2, 0) is 4.79 Å². The molecule has 3 N–H and O–H groups in total. The number of fused-ring (bicyclic) bond motifs is 1. The van der Waals surface area contributed by atoms with E-state index in [1.165, 1.54) is 6.07 Å². The summed E-state index contributed by atoms with van der Waals surface area (Å²) in [5, 5.41) is 15.7. The lowest BCUT2D eigenvalue weighted by Gasteiger charge is -2.32. The molecule has 0 aromatic heterocycles. The zero-order valence-corrected chi connectivity index (χ0v) is 20.7. The first-order valence-corrected chi connectivity index (χ1v) is 12.2. The Labute approximate surface area is 215 Å². The van der Waals surface area contributed by atoms with Crippen LogP contribution in [0, 0.1) is 6.92 Å². The number of nitrogens with one attached hydrogen (secondary N) is 2. The van der Waals surface area contributed by atoms with Gasteiger partial charge in [0.05, 0.1) is 22.5 Å². The lowest BCUT2D eigenvalue weighted by Crippen LogP contribution is -2.47. The Bertz CT molecular complexity index is 1410. The fourth-order valence-electron chi connectivity index (χ4n) is 4.72. The number of carboxylic acid groups (broad SMARTS) is 1. The van der Waals surface area contributed by atoms with Crippen LogP contribution >= 0.6 is 0 Å². The maximum Gasteiger partial charge on any atom is 0.336 e. The van der Waals surface area contributed by atoms with Crippen molar-refractivity contribution in [2.45, 2.75) is 6.92 Å². The quantitative estimate of drug-likeness (QED) is 0.462. The van der Waals surface area contributed by atoms with Crippen LogP contribution in [0.1, 0.15) is 37.4 Å². The molecule has 0 atom stereocenters. The summed E-state index contributed by atoms with van der Waals surface area (Å²) >= 11 is 0. The van der Waals surface area contributed by atoms with E-state index in [9.17, 15) is 19.5 Å². The van der Waals surface area contributed by atoms with Crippen molar-refractivity contribution in [3.05, 3.63) is 94.5 Å². The number of amides is 2. The van der Waals surface area contributed by atoms with Crippen molar-refractivity contribution < 1.29 is 19.5 Å². The van der Waals surface area contributed by atoms with Gasteiger partial charge in [-0.1, -0.05) is 30.3 Å². The van der Waals surface area contributed by atoms with Gasteiger partial charge in [0, 0.05) is 43.0 Å². The minimum Gasteiger partial charge on any atom is -0.478 e. The SMILES string of the molecule is Cc1cc2c(cc1C(=O)O)NC(=O)C2=C(Nc1ccc(C(=O)N2CCN(C)CC2)cc1)c1ccccc1. The molecular weight excluding hydrogens is 468 g/mol. The zero-order valence-electron chi connectivity index (χ0n) is 20.7. The molecule has 5 rings (SSSR count). The number of hydrogen-bond acceptors (Lipinski definition) is 5. The van der Waals surface area contributed by atoms with Crippen LogP contribution in [0.3, 0.4) is 0 Å². The number of carbonyl (C=O) groups excluding carboxylic acids is 2. The minimum absolute atomic E-state index is 0.00935. The van der Waals surface area contributed by atoms with E-state index in [-0.39, 0.29) is 17.4 Å². The number of piperazine rings is 1. The summed E-state index contributed by atoms with van der Waals surface area (Å²) in [6.45, 7) is 4.84. The van der Waals surface area contributed by atoms with Gasteiger partial charge in [-0.05, 0) is 61.5 Å². The molecule has 2 amide bonds. The Hall–Kier alpha value is -4.43. The van der Waals surface area contributed by atoms with Gasteiger partial charge >= 0.3 is 5.97 Å². The average molecular weight is 497 g/mol. The smallest absolute Gasteiger partial charge is 0.336 e. The molecule has 1 saturated heterocycles. The highest BCUT2D eigenvalue weighted by Crippen LogP contribution is 2.39. The number of benzene rings is 3. The first-order valence-electron chi connectivity index (χ1n) is 12.2. The molecule has 2 aliphatic heterocycles. The predicted octanol–water partition coefficient (Wildman–Crippen LogP) is 4.01. The van der Waals surface area contributed by atoms with Crippen LogP contribution in [0.5, 0.6) is 0 Å². The number of anilines is 2. The number of hydrogen-bond donors (Lipinski definition) is 3. The summed E-state index contributed by atoms with van der Waals surface area (Å²) < 4.78 is 0. The fourth-order valence-corrected chi connectivity index (χ4v) is 4.72. The number of likely N-dealkylation sites (N-methyl/N-ethyl adjacent to an activating group) is 1. The molecule has 0 spiro atoms. The third-order valence-electron chi connectivity index (χ3n) is 6.84. The van der Waals surface area contributed by atoms with Crippen molar-refractivity contribution in [3.63, 3.8) is 0 Å². The van der Waals surface area contributed by atoms with Crippen molar-refractivity contribution in [3.8, 4) is 0 Å². The van der Waals surface area contributed by atoms with Crippen molar-refractivity contribution in [2.24, 2.45) is 0 Å². The monoisotopic (exact) mass is 496 g/mol. The number of carbonyl (C=O) groups is 3. The van der Waals surface area contributed by atoms with E-state index in [2.05, 4.69) is 22.6 Å². The maximum absolute atomic E-state index is 13.2. The molecule has 0 saturated carbocycles. The predicted molar refractivity (Wildman–Crippen MR) is 143 cm³/mol. The van der Waals surface area contributed by atoms with Crippen molar-refractivity contribution >= 4 is 40.4 Å². The molecule has 0 unspecified atom stereocenters. The van der Waals surface area contributed by atoms with Gasteiger partial charge in [0.25, 0.3) is 11.8 Å². The molecule has 188 valence electrons. The average Bonchev–Trinajstić information content (AvgIpc) is 3.22. The molecular formula is C29H28N4O4. The largest absolute Gasteiger partial charge is 0.478 e. The zero-order chi connectivity index (χ0) is 26.1. The minimum atomic E-state index is -1.04. The first-order chi connectivity index (χ1) is 17.8. The molecule has 3 aromatic rings. The van der Waals surface area contributed by atoms with E-state index in [1.807, 2.05) is 47.4 Å². The molecule has 1 fully saturated rings. The fraction of sp³-hybridized carbons (Fsp3) is 0.207. The summed E-state index contributed by atoms with van der Waals surface area (Å²) in [5.74, 6) is -1.35. The molecule has 3 aromatic carbocycles. The van der Waals surface area contributed by atoms with Crippen LogP contribution < -0.4 is 10.6 Å². The van der Waals surface area contributed by atoms with E-state index < -0.39 is 5.97 Å². The standard InChI is InChI=1S/C29H28N4O4/c1-18-16-23-24(17-22(18)29(36)37)31-27(34)25(23)26(19-6-4-3-5-7-19)30-21-10-8-20(9-11-21)28(35)33-14-12-32(2)13-15-33/h3-11,16-17,30H,12-15H2,1-2H3,(H,31,34)(H,36,37). The molecule has 8 nitrogen and oxygen atoms in total. The summed E-state index contributed by atoms with van der Waals surface area (Å²) in [5.41, 5.74) is 4.99. The van der Waals surface area contributed by atoms with Crippen molar-refractivity contribution in [1.29, 1.82) is 0 Å². The lowest BCUT2D eigenvalue weighted by molar-refractivity contribution is -0.110. The Morgan fingerprint density at radius 2 is 1.59 bits per heavy atom. The van der Waals surface area contributed by atoms with Crippen molar-refractivity contribution in [1.82, 2.24) is 9.80 Å². The summed E-state index contributed by atoms with van der Waals surface area (Å²) in [6, 6.07) is 20.0. The highest BCUT2D eigenvalue weighted by atomic mass is 16.4. The van der Waals surface area contributed by atoms with E-state index >= 15 is 0 Å². The van der Waals surface area contributed by atoms with Gasteiger partial charge < -0.3 is 25.5 Å². The normalized spacial score (nSPS) is 16.7. The van der Waals surface area contributed by atoms with Crippen LogP contribution in [0.2, 0.25) is 0 Å². The van der Waals surface area contributed by atoms with E-state index in [4.69, 9.17) is 0 Å². The molecule has 0 bridgehead atoms. The summed E-state index contributed by atoms with van der Waals surface area (Å²) in [4.78, 5) is 41.8. The van der Waals surface area contributed by atoms with Crippen molar-refractivity contribution in [2.75, 3.05) is 43.9 Å². The van der Waals surface area contributed by atoms with Gasteiger partial charge in [0.2, 0.25) is 0 Å². The van der Waals surface area contributed by atoms with Gasteiger partial charge in [-0.3, -0.25) is 9.59 Å². The van der Waals surface area contributed by atoms with Crippen LogP contribution in [-0.4, -0.2) is 65.9 Å². The molecule has 0 radical (unpaired) electrons. The number of aromatic carboxylic acids is 1. The second-order valence-electron chi connectivity index (χ2n) is 9.39. The number of rotatable bonds is 5. The molecule has 37 heavy (non-hydrogen) atoms. The van der Waals surface area contributed by atoms with Gasteiger partial charge in [0.1, 0.15) is 0 Å². The van der Waals surface area contributed by atoms with Crippen LogP contribution in [0.15, 0.2) is 66.7 Å². The van der Waals surface area contributed by atoms with E-state index in [0.717, 1.165) is 24.3 Å².